The minimum atomic E-state index is -0.365. The number of nitrogens with one attached hydrogen (secondary N) is 1. The molecule has 0 radical (unpaired) electrons. The standard InChI is InChI=1S/C13H22N2OS/c1-11(10-15-6-2-3-7-15)14-9-12(16)13-5-4-8-17-13/h4-5,8,11-12,14,16H,2-3,6-7,9-10H2,1H3. The van der Waals surface area contributed by atoms with Gasteiger partial charge in [-0.05, 0) is 44.3 Å². The van der Waals surface area contributed by atoms with Gasteiger partial charge in [0.15, 0.2) is 0 Å². The molecule has 17 heavy (non-hydrogen) atoms. The molecular formula is C13H22N2OS. The van der Waals surface area contributed by atoms with Crippen LogP contribution in [0.2, 0.25) is 0 Å². The summed E-state index contributed by atoms with van der Waals surface area (Å²) < 4.78 is 0. The van der Waals surface area contributed by atoms with Gasteiger partial charge in [0.1, 0.15) is 6.10 Å². The van der Waals surface area contributed by atoms with Crippen molar-refractivity contribution < 1.29 is 5.11 Å². The smallest absolute Gasteiger partial charge is 0.101 e. The first-order chi connectivity index (χ1) is 8.25. The Morgan fingerprint density at radius 2 is 2.24 bits per heavy atom. The lowest BCUT2D eigenvalue weighted by atomic mass is 10.2. The van der Waals surface area contributed by atoms with Crippen LogP contribution in [0.5, 0.6) is 0 Å². The van der Waals surface area contributed by atoms with E-state index in [-0.39, 0.29) is 6.10 Å². The number of hydrogen-bond donors (Lipinski definition) is 2. The maximum absolute atomic E-state index is 9.95. The van der Waals surface area contributed by atoms with Crippen LogP contribution >= 0.6 is 11.3 Å². The number of thiophene rings is 1. The molecule has 2 unspecified atom stereocenters. The fraction of sp³-hybridized carbons (Fsp3) is 0.692. The van der Waals surface area contributed by atoms with Gasteiger partial charge in [-0.15, -0.1) is 11.3 Å². The highest BCUT2D eigenvalue weighted by Gasteiger charge is 2.15. The van der Waals surface area contributed by atoms with Crippen LogP contribution in [0, 0.1) is 0 Å². The van der Waals surface area contributed by atoms with Crippen LogP contribution in [-0.2, 0) is 0 Å². The summed E-state index contributed by atoms with van der Waals surface area (Å²) in [6, 6.07) is 4.42. The second-order valence-electron chi connectivity index (χ2n) is 4.85. The summed E-state index contributed by atoms with van der Waals surface area (Å²) >= 11 is 1.62. The number of aliphatic hydroxyl groups excluding tert-OH is 1. The zero-order chi connectivity index (χ0) is 12.1. The van der Waals surface area contributed by atoms with Gasteiger partial charge >= 0.3 is 0 Å². The molecule has 1 saturated heterocycles. The summed E-state index contributed by atoms with van der Waals surface area (Å²) in [6.07, 6.45) is 2.31. The van der Waals surface area contributed by atoms with Crippen molar-refractivity contribution in [1.82, 2.24) is 10.2 Å². The van der Waals surface area contributed by atoms with E-state index in [4.69, 9.17) is 0 Å². The Balaban J connectivity index is 1.66. The van der Waals surface area contributed by atoms with Crippen molar-refractivity contribution in [2.24, 2.45) is 0 Å². The van der Waals surface area contributed by atoms with Gasteiger partial charge in [-0.3, -0.25) is 0 Å². The van der Waals surface area contributed by atoms with Crippen LogP contribution in [0.1, 0.15) is 30.7 Å². The molecule has 2 N–H and O–H groups in total. The summed E-state index contributed by atoms with van der Waals surface area (Å²) in [5.41, 5.74) is 0. The Bertz CT molecular complexity index is 309. The summed E-state index contributed by atoms with van der Waals surface area (Å²) in [6.45, 7) is 6.41. The van der Waals surface area contributed by atoms with Crippen molar-refractivity contribution in [3.05, 3.63) is 22.4 Å². The van der Waals surface area contributed by atoms with E-state index in [0.29, 0.717) is 12.6 Å². The molecule has 1 aliphatic rings. The van der Waals surface area contributed by atoms with Gasteiger partial charge in [-0.1, -0.05) is 6.07 Å². The van der Waals surface area contributed by atoms with Gasteiger partial charge < -0.3 is 15.3 Å². The minimum Gasteiger partial charge on any atom is -0.386 e. The molecule has 2 rings (SSSR count). The Kier molecular flexibility index (Phi) is 4.98. The van der Waals surface area contributed by atoms with Gasteiger partial charge in [-0.2, -0.15) is 0 Å². The molecule has 2 atom stereocenters. The Morgan fingerprint density at radius 3 is 2.88 bits per heavy atom. The third kappa shape index (κ3) is 4.07. The zero-order valence-electron chi connectivity index (χ0n) is 10.4. The molecule has 0 amide bonds. The second kappa shape index (κ2) is 6.50. The molecule has 1 aromatic heterocycles. The highest BCUT2D eigenvalue weighted by atomic mass is 32.1. The first-order valence-corrected chi connectivity index (χ1v) is 7.31. The highest BCUT2D eigenvalue weighted by molar-refractivity contribution is 7.10. The summed E-state index contributed by atoms with van der Waals surface area (Å²) in [5, 5.41) is 15.4. The molecule has 4 heteroatoms. The Labute approximate surface area is 107 Å². The van der Waals surface area contributed by atoms with Crippen molar-refractivity contribution in [2.75, 3.05) is 26.2 Å². The molecule has 1 fully saturated rings. The van der Waals surface area contributed by atoms with E-state index in [1.54, 1.807) is 11.3 Å². The lowest BCUT2D eigenvalue weighted by molar-refractivity contribution is 0.169. The molecule has 1 aromatic rings. The van der Waals surface area contributed by atoms with Crippen LogP contribution in [0.15, 0.2) is 17.5 Å². The minimum absolute atomic E-state index is 0.365. The average Bonchev–Trinajstić information content (AvgIpc) is 2.97. The molecule has 0 aliphatic carbocycles. The zero-order valence-corrected chi connectivity index (χ0v) is 11.2. The van der Waals surface area contributed by atoms with Crippen molar-refractivity contribution in [3.8, 4) is 0 Å². The SMILES string of the molecule is CC(CN1CCCC1)NCC(O)c1cccs1. The first-order valence-electron chi connectivity index (χ1n) is 6.43. The van der Waals surface area contributed by atoms with Crippen LogP contribution in [-0.4, -0.2) is 42.2 Å². The number of nitrogens with zero attached hydrogens (tertiary/aromatic N) is 1. The van der Waals surface area contributed by atoms with Crippen molar-refractivity contribution in [3.63, 3.8) is 0 Å². The van der Waals surface area contributed by atoms with E-state index >= 15 is 0 Å². The topological polar surface area (TPSA) is 35.5 Å². The van der Waals surface area contributed by atoms with E-state index in [1.807, 2.05) is 17.5 Å². The maximum Gasteiger partial charge on any atom is 0.101 e. The summed E-state index contributed by atoms with van der Waals surface area (Å²) in [5.74, 6) is 0. The van der Waals surface area contributed by atoms with E-state index in [2.05, 4.69) is 17.1 Å². The van der Waals surface area contributed by atoms with Gasteiger partial charge in [0.2, 0.25) is 0 Å². The van der Waals surface area contributed by atoms with E-state index in [0.717, 1.165) is 11.4 Å². The Hall–Kier alpha value is -0.420. The lowest BCUT2D eigenvalue weighted by Crippen LogP contribution is -2.39. The third-order valence-corrected chi connectivity index (χ3v) is 4.24. The first kappa shape index (κ1) is 13.0. The number of aliphatic hydroxyl groups is 1. The fourth-order valence-electron chi connectivity index (χ4n) is 2.31. The quantitative estimate of drug-likeness (QED) is 0.813. The van der Waals surface area contributed by atoms with Crippen molar-refractivity contribution >= 4 is 11.3 Å². The summed E-state index contributed by atoms with van der Waals surface area (Å²) in [7, 11) is 0. The van der Waals surface area contributed by atoms with E-state index in [1.165, 1.54) is 25.9 Å². The molecule has 3 nitrogen and oxygen atoms in total. The molecule has 2 heterocycles. The highest BCUT2D eigenvalue weighted by Crippen LogP contribution is 2.17. The van der Waals surface area contributed by atoms with Crippen molar-refractivity contribution in [1.29, 1.82) is 0 Å². The second-order valence-corrected chi connectivity index (χ2v) is 5.83. The molecule has 96 valence electrons. The van der Waals surface area contributed by atoms with Crippen molar-refractivity contribution in [2.45, 2.75) is 31.9 Å². The predicted molar refractivity (Wildman–Crippen MR) is 72.4 cm³/mol. The molecule has 1 aliphatic heterocycles. The van der Waals surface area contributed by atoms with Gasteiger partial charge in [0, 0.05) is 24.0 Å². The monoisotopic (exact) mass is 254 g/mol. The van der Waals surface area contributed by atoms with Crippen LogP contribution < -0.4 is 5.32 Å². The van der Waals surface area contributed by atoms with Crippen LogP contribution in [0.4, 0.5) is 0 Å². The normalized spacial score (nSPS) is 20.6. The molecule has 0 bridgehead atoms. The van der Waals surface area contributed by atoms with E-state index < -0.39 is 0 Å². The number of rotatable bonds is 6. The summed E-state index contributed by atoms with van der Waals surface area (Å²) in [4.78, 5) is 3.54. The molecule has 0 aromatic carbocycles. The van der Waals surface area contributed by atoms with Gasteiger partial charge in [0.05, 0.1) is 0 Å². The number of hydrogen-bond acceptors (Lipinski definition) is 4. The van der Waals surface area contributed by atoms with Gasteiger partial charge in [0.25, 0.3) is 0 Å². The fourth-order valence-corrected chi connectivity index (χ4v) is 3.02. The molecule has 0 saturated carbocycles. The number of likely N-dealkylation sites (tertiary alicyclic amines) is 1. The maximum atomic E-state index is 9.95. The average molecular weight is 254 g/mol. The van der Waals surface area contributed by atoms with Crippen LogP contribution in [0.25, 0.3) is 0 Å². The van der Waals surface area contributed by atoms with Crippen LogP contribution in [0.3, 0.4) is 0 Å². The lowest BCUT2D eigenvalue weighted by Gasteiger charge is -2.22. The molecular weight excluding hydrogens is 232 g/mol. The molecule has 0 spiro atoms. The largest absolute Gasteiger partial charge is 0.386 e. The Morgan fingerprint density at radius 1 is 1.47 bits per heavy atom. The van der Waals surface area contributed by atoms with E-state index in [9.17, 15) is 5.11 Å². The van der Waals surface area contributed by atoms with Gasteiger partial charge in [-0.25, -0.2) is 0 Å². The third-order valence-electron chi connectivity index (χ3n) is 3.26. The predicted octanol–water partition coefficient (Wildman–Crippen LogP) is 1.86.